The summed E-state index contributed by atoms with van der Waals surface area (Å²) in [6.07, 6.45) is 2.86. The number of tetrazole rings is 1. The van der Waals surface area contributed by atoms with Crippen molar-refractivity contribution in [3.05, 3.63) is 42.7 Å². The molecule has 0 aliphatic heterocycles. The molecular weight excluding hydrogens is 246 g/mol. The molecule has 0 atom stereocenters. The van der Waals surface area contributed by atoms with E-state index >= 15 is 0 Å². The zero-order valence-corrected chi connectivity index (χ0v) is 10.2. The van der Waals surface area contributed by atoms with E-state index in [-0.39, 0.29) is 0 Å². The van der Waals surface area contributed by atoms with Gasteiger partial charge in [-0.1, -0.05) is 12.1 Å². The van der Waals surface area contributed by atoms with E-state index in [4.69, 9.17) is 4.74 Å². The highest BCUT2D eigenvalue weighted by Crippen LogP contribution is 2.22. The predicted octanol–water partition coefficient (Wildman–Crippen LogP) is 0.311. The fourth-order valence-electron chi connectivity index (χ4n) is 1.77. The smallest absolute Gasteiger partial charge is 0.162 e. The molecular formula is C11H11N7O. The van der Waals surface area contributed by atoms with Gasteiger partial charge in [-0.15, -0.1) is 10.2 Å². The number of hydrogen-bond donors (Lipinski definition) is 0. The molecule has 3 rings (SSSR count). The van der Waals surface area contributed by atoms with Gasteiger partial charge < -0.3 is 4.74 Å². The number of benzene rings is 1. The van der Waals surface area contributed by atoms with Gasteiger partial charge in [-0.3, -0.25) is 0 Å². The molecule has 0 fully saturated rings. The van der Waals surface area contributed by atoms with E-state index in [2.05, 4.69) is 25.5 Å². The van der Waals surface area contributed by atoms with Gasteiger partial charge in [0.1, 0.15) is 24.3 Å². The maximum atomic E-state index is 5.32. The van der Waals surface area contributed by atoms with Gasteiger partial charge in [-0.2, -0.15) is 9.90 Å². The van der Waals surface area contributed by atoms with Crippen molar-refractivity contribution in [1.29, 1.82) is 0 Å². The van der Waals surface area contributed by atoms with Crippen molar-refractivity contribution in [3.8, 4) is 11.4 Å². The first kappa shape index (κ1) is 11.3. The third-order valence-corrected chi connectivity index (χ3v) is 2.61. The Labute approximate surface area is 108 Å². The van der Waals surface area contributed by atoms with E-state index in [1.165, 1.54) is 17.5 Å². The van der Waals surface area contributed by atoms with Crippen LogP contribution in [0.1, 0.15) is 5.82 Å². The molecule has 0 amide bonds. The molecule has 1 aromatic carbocycles. The van der Waals surface area contributed by atoms with Crippen LogP contribution < -0.4 is 4.74 Å². The number of hydrogen-bond acceptors (Lipinski definition) is 6. The summed E-state index contributed by atoms with van der Waals surface area (Å²) in [5, 5.41) is 15.6. The minimum atomic E-state index is 0.387. The Balaban J connectivity index is 2.00. The number of methoxy groups -OCH3 is 1. The first-order valence-corrected chi connectivity index (χ1v) is 5.61. The largest absolute Gasteiger partial charge is 0.494 e. The Morgan fingerprint density at radius 2 is 2.05 bits per heavy atom. The van der Waals surface area contributed by atoms with Crippen LogP contribution >= 0.6 is 0 Å². The molecule has 0 radical (unpaired) electrons. The summed E-state index contributed by atoms with van der Waals surface area (Å²) in [6.45, 7) is 0.387. The van der Waals surface area contributed by atoms with Crippen molar-refractivity contribution in [2.75, 3.05) is 7.11 Å². The summed E-state index contributed by atoms with van der Waals surface area (Å²) in [5.41, 5.74) is 0.817. The van der Waals surface area contributed by atoms with Gasteiger partial charge in [-0.25, -0.2) is 9.67 Å². The molecule has 0 saturated carbocycles. The minimum absolute atomic E-state index is 0.387. The molecule has 0 saturated heterocycles. The van der Waals surface area contributed by atoms with Crippen LogP contribution in [0, 0.1) is 0 Å². The normalized spacial score (nSPS) is 10.6. The lowest BCUT2D eigenvalue weighted by Crippen LogP contribution is -2.11. The molecule has 96 valence electrons. The summed E-state index contributed by atoms with van der Waals surface area (Å²) < 4.78 is 7.02. The van der Waals surface area contributed by atoms with E-state index in [9.17, 15) is 0 Å². The van der Waals surface area contributed by atoms with Crippen LogP contribution in [0.4, 0.5) is 0 Å². The lowest BCUT2D eigenvalue weighted by Gasteiger charge is -2.09. The SMILES string of the molecule is COc1ccccc1-n1ncnc1Cn1ncnn1. The minimum Gasteiger partial charge on any atom is -0.494 e. The molecule has 0 N–H and O–H groups in total. The monoisotopic (exact) mass is 257 g/mol. The van der Waals surface area contributed by atoms with Gasteiger partial charge in [-0.05, 0) is 17.3 Å². The summed E-state index contributed by atoms with van der Waals surface area (Å²) in [7, 11) is 1.62. The Kier molecular flexibility index (Phi) is 2.89. The first-order chi connectivity index (χ1) is 9.38. The summed E-state index contributed by atoms with van der Waals surface area (Å²) in [4.78, 5) is 5.65. The quantitative estimate of drug-likeness (QED) is 0.669. The van der Waals surface area contributed by atoms with Crippen LogP contribution in [0.3, 0.4) is 0 Å². The zero-order chi connectivity index (χ0) is 13.1. The van der Waals surface area contributed by atoms with Gasteiger partial charge in [0.2, 0.25) is 0 Å². The molecule has 0 bridgehead atoms. The van der Waals surface area contributed by atoms with E-state index in [0.717, 1.165) is 11.4 Å². The summed E-state index contributed by atoms with van der Waals surface area (Å²) in [5.74, 6) is 1.42. The molecule has 8 nitrogen and oxygen atoms in total. The molecule has 0 spiro atoms. The Hall–Kier alpha value is -2.77. The van der Waals surface area contributed by atoms with Crippen molar-refractivity contribution in [3.63, 3.8) is 0 Å². The maximum absolute atomic E-state index is 5.32. The molecule has 8 heteroatoms. The zero-order valence-electron chi connectivity index (χ0n) is 10.2. The van der Waals surface area contributed by atoms with E-state index in [0.29, 0.717) is 12.4 Å². The van der Waals surface area contributed by atoms with Gasteiger partial charge in [0.25, 0.3) is 0 Å². The fraction of sp³-hybridized carbons (Fsp3) is 0.182. The molecule has 2 aromatic heterocycles. The second-order valence-corrected chi connectivity index (χ2v) is 3.73. The molecule has 0 unspecified atom stereocenters. The lowest BCUT2D eigenvalue weighted by molar-refractivity contribution is 0.410. The average Bonchev–Trinajstić information content (AvgIpc) is 3.11. The summed E-state index contributed by atoms with van der Waals surface area (Å²) in [6, 6.07) is 7.59. The number of aromatic nitrogens is 7. The van der Waals surface area contributed by atoms with Gasteiger partial charge in [0, 0.05) is 0 Å². The van der Waals surface area contributed by atoms with Crippen LogP contribution in [0.2, 0.25) is 0 Å². The van der Waals surface area contributed by atoms with Crippen molar-refractivity contribution >= 4 is 0 Å². The molecule has 2 heterocycles. The Morgan fingerprint density at radius 3 is 2.84 bits per heavy atom. The number of nitrogens with zero attached hydrogens (tertiary/aromatic N) is 7. The van der Waals surface area contributed by atoms with Crippen LogP contribution in [-0.2, 0) is 6.54 Å². The van der Waals surface area contributed by atoms with E-state index < -0.39 is 0 Å². The van der Waals surface area contributed by atoms with Crippen molar-refractivity contribution in [1.82, 2.24) is 35.0 Å². The predicted molar refractivity (Wildman–Crippen MR) is 64.8 cm³/mol. The first-order valence-electron chi connectivity index (χ1n) is 5.61. The van der Waals surface area contributed by atoms with Gasteiger partial charge >= 0.3 is 0 Å². The van der Waals surface area contributed by atoms with Crippen molar-refractivity contribution < 1.29 is 4.74 Å². The highest BCUT2D eigenvalue weighted by Gasteiger charge is 2.12. The van der Waals surface area contributed by atoms with Crippen molar-refractivity contribution in [2.45, 2.75) is 6.54 Å². The molecule has 3 aromatic rings. The highest BCUT2D eigenvalue weighted by atomic mass is 16.5. The van der Waals surface area contributed by atoms with E-state index in [1.54, 1.807) is 11.8 Å². The lowest BCUT2D eigenvalue weighted by atomic mass is 10.3. The highest BCUT2D eigenvalue weighted by molar-refractivity contribution is 5.46. The third kappa shape index (κ3) is 2.15. The van der Waals surface area contributed by atoms with Gasteiger partial charge in [0.05, 0.1) is 7.11 Å². The van der Waals surface area contributed by atoms with Crippen LogP contribution in [0.15, 0.2) is 36.9 Å². The van der Waals surface area contributed by atoms with Crippen LogP contribution in [-0.4, -0.2) is 42.1 Å². The second kappa shape index (κ2) is 4.84. The Morgan fingerprint density at radius 1 is 1.16 bits per heavy atom. The van der Waals surface area contributed by atoms with Crippen LogP contribution in [0.5, 0.6) is 5.75 Å². The van der Waals surface area contributed by atoms with E-state index in [1.807, 2.05) is 24.3 Å². The fourth-order valence-corrected chi connectivity index (χ4v) is 1.77. The average molecular weight is 257 g/mol. The second-order valence-electron chi connectivity index (χ2n) is 3.73. The topological polar surface area (TPSA) is 83.5 Å². The van der Waals surface area contributed by atoms with Crippen molar-refractivity contribution in [2.24, 2.45) is 0 Å². The number of rotatable bonds is 4. The molecule has 0 aliphatic carbocycles. The standard InChI is InChI=1S/C11H11N7O/c1-19-10-5-3-2-4-9(10)18-11(12-7-15-18)6-17-14-8-13-16-17/h2-5,7-8H,6H2,1H3. The maximum Gasteiger partial charge on any atom is 0.162 e. The molecule has 0 aliphatic rings. The molecule has 19 heavy (non-hydrogen) atoms. The Bertz CT molecular complexity index is 661. The number of ether oxygens (including phenoxy) is 1. The van der Waals surface area contributed by atoms with Gasteiger partial charge in [0.15, 0.2) is 12.2 Å². The summed E-state index contributed by atoms with van der Waals surface area (Å²) >= 11 is 0. The number of para-hydroxylation sites is 2. The van der Waals surface area contributed by atoms with Crippen LogP contribution in [0.25, 0.3) is 5.69 Å². The third-order valence-electron chi connectivity index (χ3n) is 2.61.